The number of nitrogens with zero attached hydrogens (tertiary/aromatic N) is 2. The third-order valence-electron chi connectivity index (χ3n) is 4.27. The number of H-pyrrole nitrogens is 1. The number of aryl methyl sites for hydroxylation is 1. The van der Waals surface area contributed by atoms with Crippen LogP contribution in [0.2, 0.25) is 5.02 Å². The number of nitrogens with one attached hydrogen (secondary N) is 2. The Balaban J connectivity index is 1.96. The highest BCUT2D eigenvalue weighted by Gasteiger charge is 2.18. The van der Waals surface area contributed by atoms with Crippen LogP contribution < -0.4 is 16.6 Å². The van der Waals surface area contributed by atoms with Crippen molar-refractivity contribution < 1.29 is 9.72 Å². The number of carbonyl (C=O) groups is 1. The van der Waals surface area contributed by atoms with Gasteiger partial charge < -0.3 is 10.3 Å². The zero-order valence-corrected chi connectivity index (χ0v) is 15.9. The molecule has 0 radical (unpaired) electrons. The van der Waals surface area contributed by atoms with Gasteiger partial charge in [0.2, 0.25) is 0 Å². The maximum Gasteiger partial charge on any atom is 0.328 e. The fraction of sp³-hybridized carbons (Fsp3) is 0.105. The van der Waals surface area contributed by atoms with Gasteiger partial charge in [0.15, 0.2) is 0 Å². The molecule has 3 rings (SSSR count). The predicted octanol–water partition coefficient (Wildman–Crippen LogP) is 2.71. The van der Waals surface area contributed by atoms with Gasteiger partial charge in [-0.25, -0.2) is 4.79 Å². The van der Waals surface area contributed by atoms with Gasteiger partial charge >= 0.3 is 5.69 Å². The molecule has 0 saturated heterocycles. The predicted molar refractivity (Wildman–Crippen MR) is 108 cm³/mol. The number of non-ortho nitro benzene ring substituents is 1. The van der Waals surface area contributed by atoms with Crippen molar-refractivity contribution in [3.05, 3.63) is 101 Å². The highest BCUT2D eigenvalue weighted by atomic mass is 35.5. The van der Waals surface area contributed by atoms with Crippen LogP contribution in [0.4, 0.5) is 11.4 Å². The molecule has 0 aliphatic heterocycles. The normalized spacial score (nSPS) is 10.6. The van der Waals surface area contributed by atoms with Crippen molar-refractivity contribution in [2.45, 2.75) is 13.5 Å². The van der Waals surface area contributed by atoms with Crippen molar-refractivity contribution in [1.82, 2.24) is 9.55 Å². The molecule has 0 saturated carbocycles. The van der Waals surface area contributed by atoms with Crippen molar-refractivity contribution in [3.8, 4) is 0 Å². The first kappa shape index (κ1) is 20.0. The van der Waals surface area contributed by atoms with Gasteiger partial charge in [-0.15, -0.1) is 0 Å². The van der Waals surface area contributed by atoms with Gasteiger partial charge in [-0.3, -0.25) is 24.3 Å². The monoisotopic (exact) mass is 414 g/mol. The molecule has 0 aliphatic carbocycles. The molecule has 2 N–H and O–H groups in total. The Labute approximate surface area is 168 Å². The molecule has 29 heavy (non-hydrogen) atoms. The second-order valence-electron chi connectivity index (χ2n) is 6.20. The number of amides is 1. The number of nitro benzene ring substituents is 1. The van der Waals surface area contributed by atoms with E-state index in [1.807, 2.05) is 0 Å². The van der Waals surface area contributed by atoms with Gasteiger partial charge in [0, 0.05) is 23.4 Å². The molecule has 2 aromatic carbocycles. The summed E-state index contributed by atoms with van der Waals surface area (Å²) in [5.74, 6) is -0.803. The molecule has 0 unspecified atom stereocenters. The fourth-order valence-corrected chi connectivity index (χ4v) is 2.86. The number of nitro groups is 1. The van der Waals surface area contributed by atoms with Gasteiger partial charge in [-0.1, -0.05) is 35.9 Å². The summed E-state index contributed by atoms with van der Waals surface area (Å²) < 4.78 is 0.858. The van der Waals surface area contributed by atoms with E-state index in [9.17, 15) is 24.5 Å². The van der Waals surface area contributed by atoms with Gasteiger partial charge in [0.05, 0.1) is 17.2 Å². The minimum Gasteiger partial charge on any atom is -0.321 e. The molecule has 9 nitrogen and oxygen atoms in total. The fourth-order valence-electron chi connectivity index (χ4n) is 2.66. The van der Waals surface area contributed by atoms with Crippen LogP contribution >= 0.6 is 11.6 Å². The molecule has 10 heteroatoms. The van der Waals surface area contributed by atoms with Crippen LogP contribution in [0.3, 0.4) is 0 Å². The van der Waals surface area contributed by atoms with Crippen LogP contribution in [0.1, 0.15) is 21.5 Å². The number of anilines is 1. The van der Waals surface area contributed by atoms with Crippen LogP contribution in [0.15, 0.2) is 58.3 Å². The highest BCUT2D eigenvalue weighted by molar-refractivity contribution is 6.31. The molecule has 0 aliphatic rings. The van der Waals surface area contributed by atoms with Crippen LogP contribution in [0.25, 0.3) is 0 Å². The number of aromatic nitrogens is 2. The van der Waals surface area contributed by atoms with Gasteiger partial charge in [0.25, 0.3) is 17.2 Å². The third kappa shape index (κ3) is 4.25. The third-order valence-corrected chi connectivity index (χ3v) is 4.64. The Morgan fingerprint density at radius 3 is 2.66 bits per heavy atom. The van der Waals surface area contributed by atoms with E-state index in [0.29, 0.717) is 16.1 Å². The summed E-state index contributed by atoms with van der Waals surface area (Å²) >= 11 is 6.08. The van der Waals surface area contributed by atoms with Crippen molar-refractivity contribution in [2.75, 3.05) is 5.32 Å². The minimum atomic E-state index is -0.811. The van der Waals surface area contributed by atoms with E-state index < -0.39 is 22.1 Å². The van der Waals surface area contributed by atoms with E-state index in [4.69, 9.17) is 11.6 Å². The molecule has 1 aromatic heterocycles. The van der Waals surface area contributed by atoms with Crippen molar-refractivity contribution in [3.63, 3.8) is 0 Å². The van der Waals surface area contributed by atoms with E-state index in [-0.39, 0.29) is 23.5 Å². The molecular weight excluding hydrogens is 400 g/mol. The Hall–Kier alpha value is -3.72. The minimum absolute atomic E-state index is 0.120. The lowest BCUT2D eigenvalue weighted by Gasteiger charge is -2.10. The summed E-state index contributed by atoms with van der Waals surface area (Å²) in [5, 5.41) is 13.8. The summed E-state index contributed by atoms with van der Waals surface area (Å²) in [6.07, 6.45) is 1.01. The maximum absolute atomic E-state index is 12.7. The SMILES string of the molecule is Cc1ccc([N+](=O)[O-])cc1NC(=O)c1c[nH]c(=O)n(Cc2ccccc2Cl)c1=O. The molecule has 0 fully saturated rings. The van der Waals surface area contributed by atoms with E-state index in [1.165, 1.54) is 18.2 Å². The molecule has 0 bridgehead atoms. The summed E-state index contributed by atoms with van der Waals surface area (Å²) in [4.78, 5) is 50.2. The summed E-state index contributed by atoms with van der Waals surface area (Å²) in [7, 11) is 0. The first-order chi connectivity index (χ1) is 13.8. The van der Waals surface area contributed by atoms with Crippen LogP contribution in [-0.2, 0) is 6.54 Å². The summed E-state index contributed by atoms with van der Waals surface area (Å²) in [6.45, 7) is 1.53. The number of rotatable bonds is 5. The molecule has 1 heterocycles. The largest absolute Gasteiger partial charge is 0.328 e. The molecule has 148 valence electrons. The Bertz CT molecular complexity index is 1230. The Morgan fingerprint density at radius 1 is 1.24 bits per heavy atom. The number of hydrogen-bond acceptors (Lipinski definition) is 5. The topological polar surface area (TPSA) is 127 Å². The molecule has 0 atom stereocenters. The molecule has 1 amide bonds. The van der Waals surface area contributed by atoms with Crippen LogP contribution in [-0.4, -0.2) is 20.4 Å². The lowest BCUT2D eigenvalue weighted by Crippen LogP contribution is -2.39. The highest BCUT2D eigenvalue weighted by Crippen LogP contribution is 2.22. The number of aromatic amines is 1. The summed E-state index contributed by atoms with van der Waals surface area (Å²) in [5.41, 5.74) is -0.732. The smallest absolute Gasteiger partial charge is 0.321 e. The number of carbonyl (C=O) groups excluding carboxylic acids is 1. The zero-order chi connectivity index (χ0) is 21.1. The lowest BCUT2D eigenvalue weighted by atomic mass is 10.1. The van der Waals surface area contributed by atoms with Gasteiger partial charge in [-0.05, 0) is 24.1 Å². The van der Waals surface area contributed by atoms with Crippen molar-refractivity contribution in [2.24, 2.45) is 0 Å². The van der Waals surface area contributed by atoms with E-state index in [2.05, 4.69) is 10.3 Å². The molecule has 3 aromatic rings. The second-order valence-corrected chi connectivity index (χ2v) is 6.61. The van der Waals surface area contributed by atoms with Gasteiger partial charge in [0.1, 0.15) is 5.56 Å². The van der Waals surface area contributed by atoms with Crippen molar-refractivity contribution in [1.29, 1.82) is 0 Å². The average Bonchev–Trinajstić information content (AvgIpc) is 2.68. The van der Waals surface area contributed by atoms with Gasteiger partial charge in [-0.2, -0.15) is 0 Å². The molecular formula is C19H15ClN4O5. The van der Waals surface area contributed by atoms with E-state index >= 15 is 0 Å². The lowest BCUT2D eigenvalue weighted by molar-refractivity contribution is -0.384. The van der Waals surface area contributed by atoms with E-state index in [0.717, 1.165) is 10.8 Å². The van der Waals surface area contributed by atoms with E-state index in [1.54, 1.807) is 31.2 Å². The maximum atomic E-state index is 12.7. The quantitative estimate of drug-likeness (QED) is 0.490. The van der Waals surface area contributed by atoms with Crippen LogP contribution in [0, 0.1) is 17.0 Å². The Kier molecular flexibility index (Phi) is 5.60. The Morgan fingerprint density at radius 2 is 1.97 bits per heavy atom. The number of benzene rings is 2. The van der Waals surface area contributed by atoms with Crippen LogP contribution in [0.5, 0.6) is 0 Å². The summed E-state index contributed by atoms with van der Waals surface area (Å²) in [6, 6.07) is 10.7. The first-order valence-electron chi connectivity index (χ1n) is 8.40. The second kappa shape index (κ2) is 8.11. The standard InChI is InChI=1S/C19H15ClN4O5/c1-11-6-7-13(24(28)29)8-16(11)22-17(25)14-9-21-19(27)23(18(14)26)10-12-4-2-3-5-15(12)20/h2-9H,10H2,1H3,(H,21,27)(H,22,25). The first-order valence-corrected chi connectivity index (χ1v) is 8.78. The number of hydrogen-bond donors (Lipinski definition) is 2. The average molecular weight is 415 g/mol. The molecule has 0 spiro atoms. The zero-order valence-electron chi connectivity index (χ0n) is 15.1. The van der Waals surface area contributed by atoms with Crippen molar-refractivity contribution >= 4 is 28.9 Å². The number of halogens is 1.